The van der Waals surface area contributed by atoms with Crippen LogP contribution in [-0.4, -0.2) is 9.97 Å². The van der Waals surface area contributed by atoms with Gasteiger partial charge in [-0.15, -0.1) is 0 Å². The summed E-state index contributed by atoms with van der Waals surface area (Å²) in [7, 11) is 0. The highest BCUT2D eigenvalue weighted by Crippen LogP contribution is 2.32. The van der Waals surface area contributed by atoms with Crippen LogP contribution in [-0.2, 0) is 11.5 Å². The van der Waals surface area contributed by atoms with Gasteiger partial charge in [0.25, 0.3) is 0 Å². The van der Waals surface area contributed by atoms with Crippen LogP contribution in [0.15, 0.2) is 30.5 Å². The lowest BCUT2D eigenvalue weighted by molar-refractivity contribution is -0.141. The number of hydrogen-bond donors (Lipinski definition) is 0. The van der Waals surface area contributed by atoms with Crippen molar-refractivity contribution in [1.29, 1.82) is 0 Å². The largest absolute Gasteiger partial charge is 0.433 e. The Morgan fingerprint density at radius 1 is 1.16 bits per heavy atom. The summed E-state index contributed by atoms with van der Waals surface area (Å²) in [6, 6.07) is 6.30. The van der Waals surface area contributed by atoms with Crippen LogP contribution in [0, 0.1) is 0 Å². The monoisotopic (exact) mass is 350 g/mol. The molecule has 100 valence electrons. The van der Waals surface area contributed by atoms with Crippen LogP contribution in [0.4, 0.5) is 13.2 Å². The SMILES string of the molecule is FC(F)(F)c1nc(-c2ccc(Cl)cc2)ncc1CBr. The Morgan fingerprint density at radius 2 is 1.79 bits per heavy atom. The van der Waals surface area contributed by atoms with E-state index in [-0.39, 0.29) is 16.7 Å². The number of halogens is 5. The molecule has 0 radical (unpaired) electrons. The molecule has 0 aliphatic rings. The molecule has 0 unspecified atom stereocenters. The minimum Gasteiger partial charge on any atom is -0.236 e. The topological polar surface area (TPSA) is 25.8 Å². The summed E-state index contributed by atoms with van der Waals surface area (Å²) in [5.74, 6) is 0.0219. The summed E-state index contributed by atoms with van der Waals surface area (Å²) < 4.78 is 38.6. The maximum Gasteiger partial charge on any atom is 0.433 e. The number of nitrogens with zero attached hydrogens (tertiary/aromatic N) is 2. The molecule has 0 saturated carbocycles. The van der Waals surface area contributed by atoms with Crippen molar-refractivity contribution in [1.82, 2.24) is 9.97 Å². The van der Waals surface area contributed by atoms with Crippen molar-refractivity contribution in [2.45, 2.75) is 11.5 Å². The molecule has 0 aliphatic heterocycles. The summed E-state index contributed by atoms with van der Waals surface area (Å²) in [4.78, 5) is 7.54. The zero-order valence-corrected chi connectivity index (χ0v) is 11.7. The van der Waals surface area contributed by atoms with Crippen LogP contribution in [0.2, 0.25) is 5.02 Å². The highest BCUT2D eigenvalue weighted by molar-refractivity contribution is 9.08. The Balaban J connectivity index is 2.52. The van der Waals surface area contributed by atoms with E-state index < -0.39 is 11.9 Å². The Labute approximate surface area is 120 Å². The fraction of sp³-hybridized carbons (Fsp3) is 0.167. The van der Waals surface area contributed by atoms with Gasteiger partial charge in [-0.25, -0.2) is 9.97 Å². The average molecular weight is 352 g/mol. The number of rotatable bonds is 2. The van der Waals surface area contributed by atoms with E-state index in [1.165, 1.54) is 6.20 Å². The Hall–Kier alpha value is -1.14. The van der Waals surface area contributed by atoms with E-state index in [1.807, 2.05) is 0 Å². The molecule has 0 atom stereocenters. The van der Waals surface area contributed by atoms with Crippen molar-refractivity contribution in [2.75, 3.05) is 0 Å². The van der Waals surface area contributed by atoms with Crippen molar-refractivity contribution < 1.29 is 13.2 Å². The first-order chi connectivity index (χ1) is 8.91. The normalized spacial score (nSPS) is 11.6. The number of aromatic nitrogens is 2. The van der Waals surface area contributed by atoms with E-state index >= 15 is 0 Å². The van der Waals surface area contributed by atoms with Gasteiger partial charge in [-0.05, 0) is 24.3 Å². The van der Waals surface area contributed by atoms with Gasteiger partial charge < -0.3 is 0 Å². The summed E-state index contributed by atoms with van der Waals surface area (Å²) in [5.41, 5.74) is -0.439. The maximum atomic E-state index is 12.9. The zero-order valence-electron chi connectivity index (χ0n) is 9.38. The summed E-state index contributed by atoms with van der Waals surface area (Å²) in [6.45, 7) is 0. The zero-order chi connectivity index (χ0) is 14.0. The van der Waals surface area contributed by atoms with Gasteiger partial charge in [-0.2, -0.15) is 13.2 Å². The molecule has 0 saturated heterocycles. The van der Waals surface area contributed by atoms with Gasteiger partial charge in [0.2, 0.25) is 0 Å². The van der Waals surface area contributed by atoms with Crippen molar-refractivity contribution in [3.05, 3.63) is 46.7 Å². The summed E-state index contributed by atoms with van der Waals surface area (Å²) in [5, 5.41) is 0.541. The molecule has 0 amide bonds. The third kappa shape index (κ3) is 3.25. The Bertz CT molecular complexity index is 585. The lowest BCUT2D eigenvalue weighted by Gasteiger charge is -2.11. The summed E-state index contributed by atoms with van der Waals surface area (Å²) >= 11 is 8.72. The molecule has 19 heavy (non-hydrogen) atoms. The average Bonchev–Trinajstić information content (AvgIpc) is 2.38. The van der Waals surface area contributed by atoms with Gasteiger partial charge in [0.15, 0.2) is 11.5 Å². The molecule has 0 bridgehead atoms. The van der Waals surface area contributed by atoms with Crippen LogP contribution >= 0.6 is 27.5 Å². The molecule has 2 aromatic rings. The minimum absolute atomic E-state index is 0.00483. The first-order valence-corrected chi connectivity index (χ1v) is 6.67. The first-order valence-electron chi connectivity index (χ1n) is 5.17. The van der Waals surface area contributed by atoms with Crippen LogP contribution in [0.5, 0.6) is 0 Å². The van der Waals surface area contributed by atoms with Crippen LogP contribution in [0.3, 0.4) is 0 Å². The predicted octanol–water partition coefficient (Wildman–Crippen LogP) is 4.71. The van der Waals surface area contributed by atoms with Gasteiger partial charge in [-0.1, -0.05) is 27.5 Å². The molecule has 0 N–H and O–H groups in total. The minimum atomic E-state index is -4.51. The maximum absolute atomic E-state index is 12.9. The van der Waals surface area contributed by atoms with Gasteiger partial charge in [0.05, 0.1) is 0 Å². The highest BCUT2D eigenvalue weighted by Gasteiger charge is 2.35. The van der Waals surface area contributed by atoms with Crippen LogP contribution < -0.4 is 0 Å². The van der Waals surface area contributed by atoms with Gasteiger partial charge in [-0.3, -0.25) is 0 Å². The van der Waals surface area contributed by atoms with E-state index in [2.05, 4.69) is 25.9 Å². The van der Waals surface area contributed by atoms with E-state index in [9.17, 15) is 13.2 Å². The lowest BCUT2D eigenvalue weighted by Crippen LogP contribution is -2.13. The smallest absolute Gasteiger partial charge is 0.236 e. The van der Waals surface area contributed by atoms with Crippen molar-refractivity contribution >= 4 is 27.5 Å². The molecule has 7 heteroatoms. The molecular formula is C12H7BrClF3N2. The molecule has 1 aromatic carbocycles. The van der Waals surface area contributed by atoms with Crippen LogP contribution in [0.1, 0.15) is 11.3 Å². The predicted molar refractivity (Wildman–Crippen MR) is 70.1 cm³/mol. The van der Waals surface area contributed by atoms with E-state index in [4.69, 9.17) is 11.6 Å². The number of hydrogen-bond acceptors (Lipinski definition) is 2. The molecule has 0 fully saturated rings. The van der Waals surface area contributed by atoms with Crippen molar-refractivity contribution in [3.63, 3.8) is 0 Å². The second-order valence-corrected chi connectivity index (χ2v) is 4.70. The van der Waals surface area contributed by atoms with Gasteiger partial charge >= 0.3 is 6.18 Å². The Kier molecular flexibility index (Phi) is 4.10. The molecule has 0 aliphatic carbocycles. The van der Waals surface area contributed by atoms with Gasteiger partial charge in [0.1, 0.15) is 0 Å². The highest BCUT2D eigenvalue weighted by atomic mass is 79.9. The van der Waals surface area contributed by atoms with Gasteiger partial charge in [0, 0.05) is 27.7 Å². The molecule has 2 nitrogen and oxygen atoms in total. The molecule has 2 rings (SSSR count). The second kappa shape index (κ2) is 5.46. The lowest BCUT2D eigenvalue weighted by atomic mass is 10.2. The van der Waals surface area contributed by atoms with Crippen molar-refractivity contribution in [3.8, 4) is 11.4 Å². The third-order valence-corrected chi connectivity index (χ3v) is 3.24. The molecule has 0 spiro atoms. The summed E-state index contributed by atoms with van der Waals surface area (Å²) in [6.07, 6.45) is -3.33. The third-order valence-electron chi connectivity index (χ3n) is 2.38. The Morgan fingerprint density at radius 3 is 2.32 bits per heavy atom. The van der Waals surface area contributed by atoms with Crippen molar-refractivity contribution in [2.24, 2.45) is 0 Å². The molecule has 1 heterocycles. The first kappa shape index (κ1) is 14.3. The fourth-order valence-corrected chi connectivity index (χ4v) is 2.02. The fourth-order valence-electron chi connectivity index (χ4n) is 1.49. The second-order valence-electron chi connectivity index (χ2n) is 3.71. The van der Waals surface area contributed by atoms with E-state index in [0.717, 1.165) is 0 Å². The van der Waals surface area contributed by atoms with E-state index in [1.54, 1.807) is 24.3 Å². The number of alkyl halides is 4. The number of benzene rings is 1. The van der Waals surface area contributed by atoms with E-state index in [0.29, 0.717) is 10.6 Å². The van der Waals surface area contributed by atoms with Crippen LogP contribution in [0.25, 0.3) is 11.4 Å². The molecular weight excluding hydrogens is 344 g/mol. The quantitative estimate of drug-likeness (QED) is 0.732. The standard InChI is InChI=1S/C12H7BrClF3N2/c13-5-8-6-18-11(19-10(8)12(15,16)17)7-1-3-9(14)4-2-7/h1-4,6H,5H2. The molecule has 1 aromatic heterocycles.